The predicted octanol–water partition coefficient (Wildman–Crippen LogP) is 2.46. The zero-order valence-electron chi connectivity index (χ0n) is 10.0. The molecule has 3 rings (SSSR count). The average Bonchev–Trinajstić information content (AvgIpc) is 2.99. The lowest BCUT2D eigenvalue weighted by molar-refractivity contribution is -0.110. The van der Waals surface area contributed by atoms with Crippen LogP contribution in [-0.4, -0.2) is 15.9 Å². The van der Waals surface area contributed by atoms with Gasteiger partial charge in [0, 0.05) is 11.3 Å². The second kappa shape index (κ2) is 4.14. The Hall–Kier alpha value is -2.36. The van der Waals surface area contributed by atoms with Gasteiger partial charge in [0.05, 0.1) is 23.8 Å². The van der Waals surface area contributed by atoms with Gasteiger partial charge >= 0.3 is 0 Å². The van der Waals surface area contributed by atoms with E-state index in [2.05, 4.69) is 28.3 Å². The lowest BCUT2D eigenvalue weighted by Crippen LogP contribution is -2.03. The van der Waals surface area contributed by atoms with Crippen molar-refractivity contribution in [2.24, 2.45) is 0 Å². The van der Waals surface area contributed by atoms with Crippen LogP contribution in [0, 0.1) is 0 Å². The monoisotopic (exact) mass is 239 g/mol. The summed E-state index contributed by atoms with van der Waals surface area (Å²) in [6, 6.07) is 6.06. The summed E-state index contributed by atoms with van der Waals surface area (Å²) >= 11 is 0. The summed E-state index contributed by atoms with van der Waals surface area (Å²) in [6.07, 6.45) is 6.08. The molecular weight excluding hydrogens is 226 g/mol. The molecule has 18 heavy (non-hydrogen) atoms. The molecule has 0 aliphatic carbocycles. The number of benzene rings is 1. The molecule has 0 atom stereocenters. The summed E-state index contributed by atoms with van der Waals surface area (Å²) in [5.74, 6) is -0.0622. The zero-order valence-corrected chi connectivity index (χ0v) is 10.0. The van der Waals surface area contributed by atoms with E-state index in [1.54, 1.807) is 12.5 Å². The van der Waals surface area contributed by atoms with Gasteiger partial charge in [0.2, 0.25) is 0 Å². The largest absolute Gasteiger partial charge is 0.345 e. The van der Waals surface area contributed by atoms with Crippen LogP contribution in [0.1, 0.15) is 23.7 Å². The number of carbonyl (C=O) groups excluding carboxylic acids is 1. The number of amides is 1. The van der Waals surface area contributed by atoms with Crippen LogP contribution in [0.5, 0.6) is 0 Å². The summed E-state index contributed by atoms with van der Waals surface area (Å²) in [7, 11) is 0. The number of hydrogen-bond donors (Lipinski definition) is 2. The molecule has 2 aromatic rings. The van der Waals surface area contributed by atoms with Gasteiger partial charge in [-0.05, 0) is 30.2 Å². The quantitative estimate of drug-likeness (QED) is 0.791. The standard InChI is InChI=1S/C14H13N3O/c1-2-9-3-4-13-11(5-9)12(14(18)17-13)6-10-7-15-8-16-10/h3-8H,2H2,1H3,(H,15,16)(H,17,18)/b12-6-. The highest BCUT2D eigenvalue weighted by molar-refractivity contribution is 6.34. The van der Waals surface area contributed by atoms with Gasteiger partial charge in [-0.3, -0.25) is 4.79 Å². The molecule has 1 aliphatic rings. The molecule has 4 heteroatoms. The van der Waals surface area contributed by atoms with Crippen molar-refractivity contribution in [2.75, 3.05) is 5.32 Å². The number of aromatic amines is 1. The highest BCUT2D eigenvalue weighted by atomic mass is 16.2. The zero-order chi connectivity index (χ0) is 12.5. The van der Waals surface area contributed by atoms with E-state index in [0.29, 0.717) is 5.57 Å². The van der Waals surface area contributed by atoms with Crippen LogP contribution in [0.2, 0.25) is 0 Å². The Morgan fingerprint density at radius 3 is 3.00 bits per heavy atom. The number of hydrogen-bond acceptors (Lipinski definition) is 2. The Labute approximate surface area is 105 Å². The van der Waals surface area contributed by atoms with Gasteiger partial charge in [0.15, 0.2) is 0 Å². The molecule has 90 valence electrons. The first-order valence-electron chi connectivity index (χ1n) is 5.92. The second-order valence-electron chi connectivity index (χ2n) is 4.25. The Balaban J connectivity index is 2.10. The third-order valence-electron chi connectivity index (χ3n) is 3.09. The second-order valence-corrected chi connectivity index (χ2v) is 4.25. The van der Waals surface area contributed by atoms with E-state index in [0.717, 1.165) is 23.4 Å². The van der Waals surface area contributed by atoms with Crippen molar-refractivity contribution in [2.45, 2.75) is 13.3 Å². The number of H-pyrrole nitrogens is 1. The van der Waals surface area contributed by atoms with Crippen LogP contribution in [0.15, 0.2) is 30.7 Å². The maximum Gasteiger partial charge on any atom is 0.256 e. The summed E-state index contributed by atoms with van der Waals surface area (Å²) in [6.45, 7) is 2.10. The first-order chi connectivity index (χ1) is 8.78. The van der Waals surface area contributed by atoms with Gasteiger partial charge in [-0.2, -0.15) is 0 Å². The van der Waals surface area contributed by atoms with Crippen LogP contribution in [-0.2, 0) is 11.2 Å². The van der Waals surface area contributed by atoms with Crippen LogP contribution in [0.4, 0.5) is 5.69 Å². The summed E-state index contributed by atoms with van der Waals surface area (Å²) in [4.78, 5) is 18.9. The molecule has 1 aromatic heterocycles. The lowest BCUT2D eigenvalue weighted by atomic mass is 10.0. The molecular formula is C14H13N3O. The number of imidazole rings is 1. The maximum absolute atomic E-state index is 11.9. The fourth-order valence-electron chi connectivity index (χ4n) is 2.10. The van der Waals surface area contributed by atoms with Gasteiger partial charge in [0.25, 0.3) is 5.91 Å². The van der Waals surface area contributed by atoms with E-state index in [4.69, 9.17) is 0 Å². The van der Waals surface area contributed by atoms with E-state index < -0.39 is 0 Å². The lowest BCUT2D eigenvalue weighted by Gasteiger charge is -2.01. The van der Waals surface area contributed by atoms with Gasteiger partial charge in [-0.1, -0.05) is 13.0 Å². The summed E-state index contributed by atoms with van der Waals surface area (Å²) in [5, 5.41) is 2.87. The third kappa shape index (κ3) is 1.72. The summed E-state index contributed by atoms with van der Waals surface area (Å²) in [5.41, 5.74) is 4.58. The first-order valence-corrected chi connectivity index (χ1v) is 5.92. The minimum atomic E-state index is -0.0622. The van der Waals surface area contributed by atoms with Crippen LogP contribution in [0.25, 0.3) is 11.6 Å². The molecule has 1 aliphatic heterocycles. The number of fused-ring (bicyclic) bond motifs is 1. The van der Waals surface area contributed by atoms with Crippen LogP contribution in [0.3, 0.4) is 0 Å². The van der Waals surface area contributed by atoms with Gasteiger partial charge < -0.3 is 10.3 Å². The van der Waals surface area contributed by atoms with Gasteiger partial charge in [0.1, 0.15) is 0 Å². The van der Waals surface area contributed by atoms with Crippen LogP contribution < -0.4 is 5.32 Å². The molecule has 2 N–H and O–H groups in total. The topological polar surface area (TPSA) is 57.8 Å². The van der Waals surface area contributed by atoms with E-state index in [1.165, 1.54) is 5.56 Å². The Morgan fingerprint density at radius 2 is 2.28 bits per heavy atom. The van der Waals surface area contributed by atoms with Crippen molar-refractivity contribution >= 4 is 23.2 Å². The van der Waals surface area contributed by atoms with Crippen molar-refractivity contribution in [1.82, 2.24) is 9.97 Å². The maximum atomic E-state index is 11.9. The fraction of sp³-hybridized carbons (Fsp3) is 0.143. The minimum absolute atomic E-state index is 0.0622. The van der Waals surface area contributed by atoms with Crippen molar-refractivity contribution in [3.63, 3.8) is 0 Å². The average molecular weight is 239 g/mol. The molecule has 4 nitrogen and oxygen atoms in total. The highest BCUT2D eigenvalue weighted by Gasteiger charge is 2.24. The molecule has 2 heterocycles. The molecule has 0 fully saturated rings. The van der Waals surface area contributed by atoms with Crippen molar-refractivity contribution in [1.29, 1.82) is 0 Å². The van der Waals surface area contributed by atoms with Crippen molar-refractivity contribution in [3.05, 3.63) is 47.5 Å². The minimum Gasteiger partial charge on any atom is -0.345 e. The Bertz CT molecular complexity index is 626. The van der Waals surface area contributed by atoms with Gasteiger partial charge in [-0.15, -0.1) is 0 Å². The van der Waals surface area contributed by atoms with E-state index in [9.17, 15) is 4.79 Å². The number of aromatic nitrogens is 2. The number of nitrogens with zero attached hydrogens (tertiary/aromatic N) is 1. The molecule has 0 saturated carbocycles. The molecule has 1 amide bonds. The Kier molecular flexibility index (Phi) is 2.48. The van der Waals surface area contributed by atoms with E-state index >= 15 is 0 Å². The predicted molar refractivity (Wildman–Crippen MR) is 70.9 cm³/mol. The molecule has 0 bridgehead atoms. The number of nitrogens with one attached hydrogen (secondary N) is 2. The van der Waals surface area contributed by atoms with E-state index in [-0.39, 0.29) is 5.91 Å². The number of carbonyl (C=O) groups is 1. The molecule has 0 saturated heterocycles. The molecule has 0 unspecified atom stereocenters. The van der Waals surface area contributed by atoms with Crippen molar-refractivity contribution < 1.29 is 4.79 Å². The Morgan fingerprint density at radius 1 is 1.39 bits per heavy atom. The molecule has 1 aromatic carbocycles. The molecule has 0 radical (unpaired) electrons. The number of rotatable bonds is 2. The first kappa shape index (κ1) is 10.8. The van der Waals surface area contributed by atoms with E-state index in [1.807, 2.05) is 18.2 Å². The third-order valence-corrected chi connectivity index (χ3v) is 3.09. The van der Waals surface area contributed by atoms with Gasteiger partial charge in [-0.25, -0.2) is 4.98 Å². The number of aryl methyl sites for hydroxylation is 1. The van der Waals surface area contributed by atoms with Crippen LogP contribution >= 0.6 is 0 Å². The highest BCUT2D eigenvalue weighted by Crippen LogP contribution is 2.33. The SMILES string of the molecule is CCc1ccc2c(c1)/C(=C/c1cnc[nH]1)C(=O)N2. The van der Waals surface area contributed by atoms with Crippen molar-refractivity contribution in [3.8, 4) is 0 Å². The molecule has 0 spiro atoms. The summed E-state index contributed by atoms with van der Waals surface area (Å²) < 4.78 is 0. The number of anilines is 1. The normalized spacial score (nSPS) is 15.8. The smallest absolute Gasteiger partial charge is 0.256 e. The fourth-order valence-corrected chi connectivity index (χ4v) is 2.10.